The molecule has 1 aromatic rings. The molecular weight excluding hydrogens is 249 g/mol. The second-order valence-electron chi connectivity index (χ2n) is 5.18. The summed E-state index contributed by atoms with van der Waals surface area (Å²) in [5.74, 6) is -0.0551. The summed E-state index contributed by atoms with van der Waals surface area (Å²) in [6.45, 7) is 3.05. The van der Waals surface area contributed by atoms with E-state index in [9.17, 15) is 14.6 Å². The van der Waals surface area contributed by atoms with Gasteiger partial charge < -0.3 is 15.1 Å². The van der Waals surface area contributed by atoms with Crippen molar-refractivity contribution < 1.29 is 14.6 Å². The molecule has 0 bridgehead atoms. The highest BCUT2D eigenvalue weighted by atomic mass is 19.1. The zero-order valence-electron chi connectivity index (χ0n) is 11.1. The zero-order chi connectivity index (χ0) is 13.9. The van der Waals surface area contributed by atoms with Gasteiger partial charge in [0.05, 0.1) is 25.1 Å². The van der Waals surface area contributed by atoms with Crippen LogP contribution >= 0.6 is 0 Å². The number of halogens is 1. The third-order valence-corrected chi connectivity index (χ3v) is 3.93. The normalized spacial score (nSPS) is 27.6. The van der Waals surface area contributed by atoms with Crippen molar-refractivity contribution in [2.75, 3.05) is 24.6 Å². The van der Waals surface area contributed by atoms with Crippen LogP contribution in [0.1, 0.15) is 26.2 Å². The minimum Gasteiger partial charge on any atom is -0.396 e. The van der Waals surface area contributed by atoms with Gasteiger partial charge in [-0.25, -0.2) is 14.4 Å². The second-order valence-corrected chi connectivity index (χ2v) is 5.18. The van der Waals surface area contributed by atoms with E-state index in [0.29, 0.717) is 25.5 Å². The Bertz CT molecular complexity index is 415. The van der Waals surface area contributed by atoms with Crippen molar-refractivity contribution in [3.8, 4) is 0 Å². The summed E-state index contributed by atoms with van der Waals surface area (Å²) in [4.78, 5) is 9.67. The van der Waals surface area contributed by atoms with Crippen LogP contribution in [0.5, 0.6) is 0 Å². The Morgan fingerprint density at radius 3 is 2.68 bits per heavy atom. The average Bonchev–Trinajstić information content (AvgIpc) is 2.42. The Morgan fingerprint density at radius 2 is 2.16 bits per heavy atom. The molecular formula is C13H20FN3O2. The van der Waals surface area contributed by atoms with Gasteiger partial charge in [0.2, 0.25) is 5.95 Å². The molecule has 6 heteroatoms. The van der Waals surface area contributed by atoms with Crippen LogP contribution in [-0.2, 0) is 0 Å². The number of anilines is 1. The van der Waals surface area contributed by atoms with Crippen LogP contribution in [0.15, 0.2) is 12.4 Å². The van der Waals surface area contributed by atoms with Crippen LogP contribution in [0.3, 0.4) is 0 Å². The molecule has 0 aliphatic carbocycles. The molecule has 1 fully saturated rings. The van der Waals surface area contributed by atoms with E-state index in [1.807, 2.05) is 11.8 Å². The Balaban J connectivity index is 2.09. The zero-order valence-corrected chi connectivity index (χ0v) is 11.1. The topological polar surface area (TPSA) is 69.5 Å². The lowest BCUT2D eigenvalue weighted by atomic mass is 9.73. The highest BCUT2D eigenvalue weighted by Gasteiger charge is 2.41. The fourth-order valence-electron chi connectivity index (χ4n) is 2.72. The number of aliphatic hydroxyl groups is 2. The molecule has 1 saturated heterocycles. The van der Waals surface area contributed by atoms with Crippen molar-refractivity contribution in [1.29, 1.82) is 0 Å². The number of hydrogen-bond acceptors (Lipinski definition) is 5. The highest BCUT2D eigenvalue weighted by molar-refractivity contribution is 5.30. The molecule has 0 unspecified atom stereocenters. The third-order valence-electron chi connectivity index (χ3n) is 3.93. The van der Waals surface area contributed by atoms with Gasteiger partial charge in [-0.2, -0.15) is 0 Å². The van der Waals surface area contributed by atoms with Gasteiger partial charge in [0.25, 0.3) is 0 Å². The largest absolute Gasteiger partial charge is 0.396 e. The number of hydrogen-bond donors (Lipinski definition) is 2. The van der Waals surface area contributed by atoms with E-state index < -0.39 is 17.3 Å². The summed E-state index contributed by atoms with van der Waals surface area (Å²) in [5.41, 5.74) is -0.425. The lowest BCUT2D eigenvalue weighted by molar-refractivity contribution is -0.0373. The molecule has 0 aromatic carbocycles. The van der Waals surface area contributed by atoms with Gasteiger partial charge >= 0.3 is 0 Å². The smallest absolute Gasteiger partial charge is 0.225 e. The molecule has 0 amide bonds. The lowest BCUT2D eigenvalue weighted by Crippen LogP contribution is -2.53. The highest BCUT2D eigenvalue weighted by Crippen LogP contribution is 2.36. The van der Waals surface area contributed by atoms with E-state index in [4.69, 9.17) is 0 Å². The predicted octanol–water partition coefficient (Wildman–Crippen LogP) is 0.966. The monoisotopic (exact) mass is 269 g/mol. The molecule has 0 radical (unpaired) electrons. The molecule has 2 rings (SSSR count). The Labute approximate surface area is 112 Å². The van der Waals surface area contributed by atoms with Crippen molar-refractivity contribution in [3.63, 3.8) is 0 Å². The Morgan fingerprint density at radius 1 is 1.47 bits per heavy atom. The summed E-state index contributed by atoms with van der Waals surface area (Å²) in [5, 5.41) is 19.9. The summed E-state index contributed by atoms with van der Waals surface area (Å²) < 4.78 is 12.8. The molecule has 0 spiro atoms. The molecule has 2 heterocycles. The van der Waals surface area contributed by atoms with E-state index in [1.165, 1.54) is 0 Å². The minimum absolute atomic E-state index is 0.0138. The standard InChI is InChI=1S/C13H20FN3O2/c1-2-3-13(9-18)4-5-17(8-11(13)19)12-15-6-10(14)7-16-12/h6-7,11,18-19H,2-5,8-9H2,1H3/t11-,13-/m1/s1. The Kier molecular flexibility index (Phi) is 4.31. The van der Waals surface area contributed by atoms with Gasteiger partial charge in [-0.3, -0.25) is 0 Å². The first-order valence-electron chi connectivity index (χ1n) is 6.63. The van der Waals surface area contributed by atoms with Crippen LogP contribution in [0, 0.1) is 11.2 Å². The van der Waals surface area contributed by atoms with Crippen LogP contribution in [0.4, 0.5) is 10.3 Å². The van der Waals surface area contributed by atoms with Gasteiger partial charge in [0.1, 0.15) is 0 Å². The number of aliphatic hydroxyl groups excluding tert-OH is 2. The fraction of sp³-hybridized carbons (Fsp3) is 0.692. The SMILES string of the molecule is CCC[C@]1(CO)CCN(c2ncc(F)cn2)C[C@H]1O. The Hall–Kier alpha value is -1.27. The quantitative estimate of drug-likeness (QED) is 0.852. The first-order valence-corrected chi connectivity index (χ1v) is 6.63. The van der Waals surface area contributed by atoms with Gasteiger partial charge in [-0.1, -0.05) is 13.3 Å². The lowest BCUT2D eigenvalue weighted by Gasteiger charge is -2.44. The van der Waals surface area contributed by atoms with Crippen molar-refractivity contribution in [2.45, 2.75) is 32.3 Å². The van der Waals surface area contributed by atoms with Gasteiger partial charge in [-0.05, 0) is 12.8 Å². The average molecular weight is 269 g/mol. The van der Waals surface area contributed by atoms with E-state index in [-0.39, 0.29) is 6.61 Å². The maximum atomic E-state index is 12.8. The molecule has 1 aliphatic rings. The summed E-state index contributed by atoms with van der Waals surface area (Å²) in [6, 6.07) is 0. The van der Waals surface area contributed by atoms with Gasteiger partial charge in [-0.15, -0.1) is 0 Å². The second kappa shape index (κ2) is 5.79. The first-order chi connectivity index (χ1) is 9.11. The van der Waals surface area contributed by atoms with Crippen molar-refractivity contribution in [3.05, 3.63) is 18.2 Å². The van der Waals surface area contributed by atoms with E-state index in [2.05, 4.69) is 9.97 Å². The molecule has 19 heavy (non-hydrogen) atoms. The van der Waals surface area contributed by atoms with Gasteiger partial charge in [0.15, 0.2) is 5.82 Å². The maximum absolute atomic E-state index is 12.8. The molecule has 1 aliphatic heterocycles. The molecule has 5 nitrogen and oxygen atoms in total. The predicted molar refractivity (Wildman–Crippen MR) is 69.3 cm³/mol. The number of aromatic nitrogens is 2. The van der Waals surface area contributed by atoms with Crippen LogP contribution in [0.2, 0.25) is 0 Å². The van der Waals surface area contributed by atoms with E-state index >= 15 is 0 Å². The molecule has 0 saturated carbocycles. The summed E-state index contributed by atoms with van der Waals surface area (Å²) in [6.07, 6.45) is 4.01. The maximum Gasteiger partial charge on any atom is 0.225 e. The van der Waals surface area contributed by atoms with E-state index in [1.54, 1.807) is 0 Å². The van der Waals surface area contributed by atoms with Crippen LogP contribution < -0.4 is 4.90 Å². The number of β-amino-alcohol motifs (C(OH)–C–C–N with tert-alkyl or cyclic N) is 1. The number of piperidine rings is 1. The third kappa shape index (κ3) is 2.84. The van der Waals surface area contributed by atoms with Crippen LogP contribution in [0.25, 0.3) is 0 Å². The molecule has 106 valence electrons. The van der Waals surface area contributed by atoms with Crippen LogP contribution in [-0.4, -0.2) is 46.0 Å². The molecule has 1 aromatic heterocycles. The van der Waals surface area contributed by atoms with Gasteiger partial charge in [0, 0.05) is 18.5 Å². The van der Waals surface area contributed by atoms with Crippen molar-refractivity contribution >= 4 is 5.95 Å². The minimum atomic E-state index is -0.625. The summed E-state index contributed by atoms with van der Waals surface area (Å²) in [7, 11) is 0. The number of rotatable bonds is 4. The van der Waals surface area contributed by atoms with E-state index in [0.717, 1.165) is 25.2 Å². The first kappa shape index (κ1) is 14.1. The fourth-order valence-corrected chi connectivity index (χ4v) is 2.72. The summed E-state index contributed by atoms with van der Waals surface area (Å²) >= 11 is 0. The van der Waals surface area contributed by atoms with Crippen molar-refractivity contribution in [1.82, 2.24) is 9.97 Å². The molecule has 2 N–H and O–H groups in total. The number of nitrogens with zero attached hydrogens (tertiary/aromatic N) is 3. The van der Waals surface area contributed by atoms with Crippen molar-refractivity contribution in [2.24, 2.45) is 5.41 Å². The molecule has 2 atom stereocenters.